The van der Waals surface area contributed by atoms with Crippen molar-refractivity contribution in [1.29, 1.82) is 0 Å². The Morgan fingerprint density at radius 1 is 1.30 bits per heavy atom. The SMILES string of the molecule is COc1cc2[nH]c(-c3ccc4c(c3)[C@@H](N(C)C)I(OC(=O)NCCCl)C4)cc(=O)c2cc1-c1cnco1. The van der Waals surface area contributed by atoms with Crippen LogP contribution >= 0.6 is 31.8 Å². The van der Waals surface area contributed by atoms with E-state index in [1.807, 2.05) is 20.2 Å². The summed E-state index contributed by atoms with van der Waals surface area (Å²) >= 11 is 3.49. The number of rotatable bonds is 7. The molecule has 1 amide bonds. The number of hydrogen-bond acceptors (Lipinski definition) is 7. The van der Waals surface area contributed by atoms with Gasteiger partial charge in [0, 0.05) is 0 Å². The number of hydrogen-bond donors (Lipinski definition) is 2. The Morgan fingerprint density at radius 2 is 2.14 bits per heavy atom. The van der Waals surface area contributed by atoms with Gasteiger partial charge in [0.25, 0.3) is 0 Å². The number of oxazole rings is 1. The van der Waals surface area contributed by atoms with Crippen LogP contribution in [0.5, 0.6) is 5.75 Å². The molecule has 11 heteroatoms. The number of aromatic amines is 1. The number of H-pyrrole nitrogens is 1. The maximum atomic E-state index is 13.2. The summed E-state index contributed by atoms with van der Waals surface area (Å²) in [6.07, 6.45) is 2.51. The van der Waals surface area contributed by atoms with Crippen molar-refractivity contribution in [2.24, 2.45) is 0 Å². The molecular weight excluding hydrogens is 611 g/mol. The monoisotopic (exact) mass is 636 g/mol. The van der Waals surface area contributed by atoms with Crippen molar-refractivity contribution in [3.05, 3.63) is 70.3 Å². The van der Waals surface area contributed by atoms with Gasteiger partial charge in [-0.25, -0.2) is 4.98 Å². The van der Waals surface area contributed by atoms with Crippen molar-refractivity contribution in [2.75, 3.05) is 33.6 Å². The first-order valence-corrected chi connectivity index (χ1v) is 15.7. The average molecular weight is 637 g/mol. The molecule has 2 N–H and O–H groups in total. The molecule has 2 aromatic carbocycles. The number of aromatic nitrogens is 2. The van der Waals surface area contributed by atoms with Crippen molar-refractivity contribution in [1.82, 2.24) is 20.2 Å². The van der Waals surface area contributed by atoms with Crippen molar-refractivity contribution < 1.29 is 17.0 Å². The fourth-order valence-corrected chi connectivity index (χ4v) is 10.1. The number of fused-ring (bicyclic) bond motifs is 2. The number of carbonyl (C=O) groups excluding carboxylic acids is 1. The van der Waals surface area contributed by atoms with Crippen LogP contribution in [0.4, 0.5) is 4.79 Å². The fourth-order valence-electron chi connectivity index (χ4n) is 4.43. The van der Waals surface area contributed by atoms with E-state index in [9.17, 15) is 9.59 Å². The Balaban J connectivity index is 1.51. The number of alkyl halides is 3. The van der Waals surface area contributed by atoms with E-state index in [4.69, 9.17) is 23.8 Å². The Bertz CT molecular complexity index is 1510. The van der Waals surface area contributed by atoms with Gasteiger partial charge in [0.15, 0.2) is 6.39 Å². The molecule has 4 aromatic rings. The second-order valence-electron chi connectivity index (χ2n) is 8.69. The van der Waals surface area contributed by atoms with Gasteiger partial charge in [-0.3, -0.25) is 0 Å². The molecule has 2 aromatic heterocycles. The first kappa shape index (κ1) is 25.6. The minimum atomic E-state index is -2.19. The third-order valence-electron chi connectivity index (χ3n) is 6.05. The number of benzene rings is 2. The molecule has 1 aliphatic rings. The van der Waals surface area contributed by atoms with Crippen LogP contribution in [0.1, 0.15) is 15.2 Å². The van der Waals surface area contributed by atoms with E-state index >= 15 is 0 Å². The molecule has 0 aliphatic carbocycles. The Morgan fingerprint density at radius 3 is 2.84 bits per heavy atom. The summed E-state index contributed by atoms with van der Waals surface area (Å²) in [5.41, 5.74) is 5.05. The van der Waals surface area contributed by atoms with Crippen LogP contribution < -0.4 is 15.5 Å². The number of nitrogens with one attached hydrogen (secondary N) is 2. The van der Waals surface area contributed by atoms with Crippen LogP contribution in [0.2, 0.25) is 0 Å². The van der Waals surface area contributed by atoms with E-state index in [0.717, 1.165) is 15.6 Å². The molecule has 5 rings (SSSR count). The molecule has 9 nitrogen and oxygen atoms in total. The maximum absolute atomic E-state index is 13.2. The first-order valence-electron chi connectivity index (χ1n) is 11.5. The van der Waals surface area contributed by atoms with Gasteiger partial charge < -0.3 is 0 Å². The molecule has 194 valence electrons. The van der Waals surface area contributed by atoms with Crippen LogP contribution in [0.25, 0.3) is 33.5 Å². The Labute approximate surface area is 226 Å². The van der Waals surface area contributed by atoms with E-state index in [-0.39, 0.29) is 9.48 Å². The topological polar surface area (TPSA) is 110 Å². The number of halogens is 2. The van der Waals surface area contributed by atoms with Crippen molar-refractivity contribution in [2.45, 2.75) is 8.48 Å². The van der Waals surface area contributed by atoms with E-state index in [0.29, 0.717) is 46.1 Å². The molecule has 0 saturated carbocycles. The predicted molar refractivity (Wildman–Crippen MR) is 151 cm³/mol. The number of pyridine rings is 1. The zero-order valence-electron chi connectivity index (χ0n) is 20.5. The summed E-state index contributed by atoms with van der Waals surface area (Å²) in [7, 11) is 5.56. The standard InChI is InChI=1S/C26H26ClIN4O5/c1-32(2)25-17-8-15(4-5-16(17)12-28(25)37-26(34)30-7-6-27)20-10-22(33)18-9-19(24-13-29-14-36-24)23(35-3)11-21(18)31-20/h4-5,8-11,13-14,25H,6-7,12H2,1-3H3,(H,30,34)(H,31,33)/t25-/m1/s1. The average Bonchev–Trinajstić information content (AvgIpc) is 3.54. The Hall–Kier alpha value is -3.09. The van der Waals surface area contributed by atoms with E-state index in [2.05, 4.69) is 32.3 Å². The Kier molecular flexibility index (Phi) is 7.40. The van der Waals surface area contributed by atoms with Gasteiger partial charge in [0.2, 0.25) is 0 Å². The summed E-state index contributed by atoms with van der Waals surface area (Å²) in [5.74, 6) is 1.42. The molecule has 1 aliphatic heterocycles. The molecule has 0 saturated heterocycles. The van der Waals surface area contributed by atoms with Gasteiger partial charge >= 0.3 is 215 Å². The predicted octanol–water partition coefficient (Wildman–Crippen LogP) is 5.32. The molecule has 0 unspecified atom stereocenters. The van der Waals surface area contributed by atoms with Gasteiger partial charge in [-0.05, 0) is 0 Å². The number of methoxy groups -OCH3 is 1. The minimum absolute atomic E-state index is 0.0256. The summed E-state index contributed by atoms with van der Waals surface area (Å²) in [5, 5.41) is 3.22. The normalized spacial score (nSPS) is 15.7. The molecule has 0 fully saturated rings. The van der Waals surface area contributed by atoms with Crippen LogP contribution in [0.3, 0.4) is 0 Å². The van der Waals surface area contributed by atoms with Crippen LogP contribution in [0, 0.1) is 0 Å². The van der Waals surface area contributed by atoms with Gasteiger partial charge in [-0.15, -0.1) is 0 Å². The van der Waals surface area contributed by atoms with Gasteiger partial charge in [-0.1, -0.05) is 0 Å². The number of ether oxygens (including phenoxy) is 1. The quantitative estimate of drug-likeness (QED) is 0.161. The van der Waals surface area contributed by atoms with Crippen molar-refractivity contribution >= 4 is 48.8 Å². The summed E-state index contributed by atoms with van der Waals surface area (Å²) in [6, 6.07) is 11.3. The smallest absolute Gasteiger partial charge is 0.225 e. The van der Waals surface area contributed by atoms with E-state index in [1.165, 1.54) is 12.0 Å². The van der Waals surface area contributed by atoms with Crippen molar-refractivity contribution in [3.8, 4) is 28.3 Å². The van der Waals surface area contributed by atoms with Gasteiger partial charge in [0.1, 0.15) is 0 Å². The molecule has 37 heavy (non-hydrogen) atoms. The van der Waals surface area contributed by atoms with Crippen molar-refractivity contribution in [3.63, 3.8) is 0 Å². The minimum Gasteiger partial charge on any atom is -0.225 e. The summed E-state index contributed by atoms with van der Waals surface area (Å²) in [4.78, 5) is 34.9. The van der Waals surface area contributed by atoms with Crippen LogP contribution in [-0.2, 0) is 7.49 Å². The molecule has 0 bridgehead atoms. The molecule has 1 atom stereocenters. The van der Waals surface area contributed by atoms with E-state index < -0.39 is 26.3 Å². The molecule has 0 radical (unpaired) electrons. The molecule has 0 spiro atoms. The fraction of sp³-hybridized carbons (Fsp3) is 0.269. The van der Waals surface area contributed by atoms with Gasteiger partial charge in [0.05, 0.1) is 0 Å². The second-order valence-corrected chi connectivity index (χ2v) is 13.5. The summed E-state index contributed by atoms with van der Waals surface area (Å²) in [6.45, 7) is 0.369. The van der Waals surface area contributed by atoms with Crippen LogP contribution in [0.15, 0.2) is 58.2 Å². The first-order chi connectivity index (χ1) is 17.9. The third-order valence-corrected chi connectivity index (χ3v) is 11.9. The summed E-state index contributed by atoms with van der Waals surface area (Å²) < 4.78 is 17.7. The van der Waals surface area contributed by atoms with Gasteiger partial charge in [-0.2, -0.15) is 0 Å². The molecular formula is C26H26ClIN4O5. The number of carbonyl (C=O) groups is 1. The number of amides is 1. The number of nitrogens with zero attached hydrogens (tertiary/aromatic N) is 2. The van der Waals surface area contributed by atoms with E-state index in [1.54, 1.807) is 31.5 Å². The second kappa shape index (κ2) is 10.7. The zero-order valence-corrected chi connectivity index (χ0v) is 23.4. The zero-order chi connectivity index (χ0) is 26.1. The van der Waals surface area contributed by atoms with Crippen LogP contribution in [-0.4, -0.2) is 54.6 Å². The molecule has 3 heterocycles. The third kappa shape index (κ3) is 5.05.